The van der Waals surface area contributed by atoms with Crippen molar-refractivity contribution < 1.29 is 9.18 Å². The average Bonchev–Trinajstić information content (AvgIpc) is 2.23. The normalized spacial score (nSPS) is 10.2. The molecule has 1 aromatic rings. The first-order chi connectivity index (χ1) is 7.63. The van der Waals surface area contributed by atoms with E-state index in [1.807, 2.05) is 6.92 Å². The molecule has 0 saturated carbocycles. The summed E-state index contributed by atoms with van der Waals surface area (Å²) in [5.41, 5.74) is 0.200. The van der Waals surface area contributed by atoms with E-state index in [9.17, 15) is 9.18 Å². The van der Waals surface area contributed by atoms with E-state index in [4.69, 9.17) is 0 Å². The van der Waals surface area contributed by atoms with Gasteiger partial charge in [0.15, 0.2) is 0 Å². The number of amides is 1. The molecule has 0 fully saturated rings. The maximum Gasteiger partial charge on any atom is 0.238 e. The van der Waals surface area contributed by atoms with Crippen LogP contribution < -0.4 is 10.6 Å². The third kappa shape index (κ3) is 4.28. The van der Waals surface area contributed by atoms with Crippen LogP contribution in [-0.4, -0.2) is 19.0 Å². The van der Waals surface area contributed by atoms with Crippen LogP contribution >= 0.6 is 15.9 Å². The molecule has 3 nitrogen and oxygen atoms in total. The molecule has 0 aliphatic heterocycles. The second kappa shape index (κ2) is 6.60. The molecule has 0 atom stereocenters. The van der Waals surface area contributed by atoms with Crippen LogP contribution in [0.2, 0.25) is 0 Å². The Balaban J connectivity index is 2.49. The van der Waals surface area contributed by atoms with E-state index in [2.05, 4.69) is 26.6 Å². The summed E-state index contributed by atoms with van der Waals surface area (Å²) in [4.78, 5) is 11.4. The first-order valence-electron chi connectivity index (χ1n) is 5.09. The van der Waals surface area contributed by atoms with Crippen LogP contribution in [0.5, 0.6) is 0 Å². The SMILES string of the molecule is CCCNCC(=O)Nc1ccc(Br)cc1F. The molecule has 1 rings (SSSR count). The van der Waals surface area contributed by atoms with Crippen molar-refractivity contribution >= 4 is 27.5 Å². The Morgan fingerprint density at radius 3 is 2.88 bits per heavy atom. The smallest absolute Gasteiger partial charge is 0.238 e. The lowest BCUT2D eigenvalue weighted by molar-refractivity contribution is -0.115. The second-order valence-electron chi connectivity index (χ2n) is 3.35. The third-order valence-corrected chi connectivity index (χ3v) is 2.41. The number of carbonyl (C=O) groups excluding carboxylic acids is 1. The van der Waals surface area contributed by atoms with Gasteiger partial charge >= 0.3 is 0 Å². The molecule has 0 spiro atoms. The number of halogens is 2. The minimum absolute atomic E-state index is 0.198. The van der Waals surface area contributed by atoms with Gasteiger partial charge in [0.05, 0.1) is 12.2 Å². The predicted octanol–water partition coefficient (Wildman–Crippen LogP) is 2.53. The summed E-state index contributed by atoms with van der Waals surface area (Å²) in [6, 6.07) is 4.52. The summed E-state index contributed by atoms with van der Waals surface area (Å²) in [6.45, 7) is 2.98. The molecule has 2 N–H and O–H groups in total. The summed E-state index contributed by atoms with van der Waals surface area (Å²) in [6.07, 6.45) is 0.958. The van der Waals surface area contributed by atoms with Crippen molar-refractivity contribution in [3.8, 4) is 0 Å². The zero-order valence-corrected chi connectivity index (χ0v) is 10.6. The summed E-state index contributed by atoms with van der Waals surface area (Å²) in [7, 11) is 0. The fourth-order valence-corrected chi connectivity index (χ4v) is 1.50. The lowest BCUT2D eigenvalue weighted by Crippen LogP contribution is -2.28. The standard InChI is InChI=1S/C11H14BrFN2O/c1-2-5-14-7-11(16)15-10-4-3-8(12)6-9(10)13/h3-4,6,14H,2,5,7H2,1H3,(H,15,16). The van der Waals surface area contributed by atoms with Gasteiger partial charge in [-0.15, -0.1) is 0 Å². The number of hydrogen-bond acceptors (Lipinski definition) is 2. The third-order valence-electron chi connectivity index (χ3n) is 1.92. The van der Waals surface area contributed by atoms with Crippen molar-refractivity contribution in [1.82, 2.24) is 5.32 Å². The van der Waals surface area contributed by atoms with Crippen molar-refractivity contribution in [2.75, 3.05) is 18.4 Å². The van der Waals surface area contributed by atoms with E-state index in [1.54, 1.807) is 6.07 Å². The molecule has 0 aromatic heterocycles. The van der Waals surface area contributed by atoms with Crippen molar-refractivity contribution in [3.63, 3.8) is 0 Å². The highest BCUT2D eigenvalue weighted by atomic mass is 79.9. The summed E-state index contributed by atoms with van der Waals surface area (Å²) in [5.74, 6) is -0.687. The van der Waals surface area contributed by atoms with Crippen LogP contribution in [0.4, 0.5) is 10.1 Å². The highest BCUT2D eigenvalue weighted by molar-refractivity contribution is 9.10. The quantitative estimate of drug-likeness (QED) is 0.818. The molecular formula is C11H14BrFN2O. The molecule has 0 bridgehead atoms. The topological polar surface area (TPSA) is 41.1 Å². The summed E-state index contributed by atoms with van der Waals surface area (Å²) in [5, 5.41) is 5.44. The summed E-state index contributed by atoms with van der Waals surface area (Å²) < 4.78 is 14.0. The molecule has 5 heteroatoms. The van der Waals surface area contributed by atoms with Crippen molar-refractivity contribution in [1.29, 1.82) is 0 Å². The Morgan fingerprint density at radius 1 is 1.50 bits per heavy atom. The molecule has 0 saturated heterocycles. The largest absolute Gasteiger partial charge is 0.322 e. The molecule has 0 aliphatic rings. The van der Waals surface area contributed by atoms with Gasteiger partial charge in [-0.25, -0.2) is 4.39 Å². The zero-order chi connectivity index (χ0) is 12.0. The van der Waals surface area contributed by atoms with Crippen LogP contribution in [0.25, 0.3) is 0 Å². The molecule has 1 aromatic carbocycles. The van der Waals surface area contributed by atoms with Crippen molar-refractivity contribution in [3.05, 3.63) is 28.5 Å². The van der Waals surface area contributed by atoms with Crippen LogP contribution in [0.1, 0.15) is 13.3 Å². The molecule has 1 amide bonds. The Labute approximate surface area is 103 Å². The van der Waals surface area contributed by atoms with E-state index in [0.29, 0.717) is 4.47 Å². The molecule has 16 heavy (non-hydrogen) atoms. The van der Waals surface area contributed by atoms with Gasteiger partial charge < -0.3 is 10.6 Å². The first-order valence-corrected chi connectivity index (χ1v) is 5.88. The van der Waals surface area contributed by atoms with Crippen LogP contribution in [-0.2, 0) is 4.79 Å². The molecule has 0 heterocycles. The van der Waals surface area contributed by atoms with E-state index >= 15 is 0 Å². The molecular weight excluding hydrogens is 275 g/mol. The minimum atomic E-state index is -0.446. The molecule has 0 unspecified atom stereocenters. The zero-order valence-electron chi connectivity index (χ0n) is 9.02. The maximum absolute atomic E-state index is 13.3. The number of hydrogen-bond donors (Lipinski definition) is 2. The average molecular weight is 289 g/mol. The van der Waals surface area contributed by atoms with Crippen LogP contribution in [0.3, 0.4) is 0 Å². The van der Waals surface area contributed by atoms with Crippen LogP contribution in [0.15, 0.2) is 22.7 Å². The number of anilines is 1. The van der Waals surface area contributed by atoms with Gasteiger partial charge in [-0.3, -0.25) is 4.79 Å². The Hall–Kier alpha value is -0.940. The number of rotatable bonds is 5. The van der Waals surface area contributed by atoms with E-state index in [-0.39, 0.29) is 18.1 Å². The van der Waals surface area contributed by atoms with Gasteiger partial charge in [-0.2, -0.15) is 0 Å². The molecule has 0 radical (unpaired) electrons. The van der Waals surface area contributed by atoms with Gasteiger partial charge in [0.2, 0.25) is 5.91 Å². The van der Waals surface area contributed by atoms with Gasteiger partial charge in [-0.05, 0) is 31.2 Å². The summed E-state index contributed by atoms with van der Waals surface area (Å²) >= 11 is 3.15. The lowest BCUT2D eigenvalue weighted by Gasteiger charge is -2.07. The first kappa shape index (κ1) is 13.1. The number of benzene rings is 1. The molecule has 88 valence electrons. The van der Waals surface area contributed by atoms with E-state index in [1.165, 1.54) is 12.1 Å². The predicted molar refractivity (Wildman–Crippen MR) is 65.9 cm³/mol. The Morgan fingerprint density at radius 2 is 2.25 bits per heavy atom. The monoisotopic (exact) mass is 288 g/mol. The highest BCUT2D eigenvalue weighted by Crippen LogP contribution is 2.18. The highest BCUT2D eigenvalue weighted by Gasteiger charge is 2.06. The fourth-order valence-electron chi connectivity index (χ4n) is 1.16. The Bertz CT molecular complexity index is 371. The number of carbonyl (C=O) groups is 1. The molecule has 0 aliphatic carbocycles. The fraction of sp³-hybridized carbons (Fsp3) is 0.364. The van der Waals surface area contributed by atoms with Gasteiger partial charge in [-0.1, -0.05) is 22.9 Å². The van der Waals surface area contributed by atoms with Gasteiger partial charge in [0, 0.05) is 4.47 Å². The second-order valence-corrected chi connectivity index (χ2v) is 4.26. The maximum atomic E-state index is 13.3. The van der Waals surface area contributed by atoms with Crippen molar-refractivity contribution in [2.24, 2.45) is 0 Å². The minimum Gasteiger partial charge on any atom is -0.322 e. The van der Waals surface area contributed by atoms with Crippen LogP contribution in [0, 0.1) is 5.82 Å². The van der Waals surface area contributed by atoms with Gasteiger partial charge in [0.1, 0.15) is 5.82 Å². The van der Waals surface area contributed by atoms with E-state index < -0.39 is 5.82 Å². The van der Waals surface area contributed by atoms with Crippen molar-refractivity contribution in [2.45, 2.75) is 13.3 Å². The lowest BCUT2D eigenvalue weighted by atomic mass is 10.3. The Kier molecular flexibility index (Phi) is 5.42. The van der Waals surface area contributed by atoms with Gasteiger partial charge in [0.25, 0.3) is 0 Å². The van der Waals surface area contributed by atoms with E-state index in [0.717, 1.165) is 13.0 Å². The number of nitrogens with one attached hydrogen (secondary N) is 2.